The number of benzene rings is 2. The molecule has 0 fully saturated rings. The van der Waals surface area contributed by atoms with Crippen LogP contribution in [0, 0.1) is 6.92 Å². The van der Waals surface area contributed by atoms with Crippen molar-refractivity contribution in [2.75, 3.05) is 6.54 Å². The van der Waals surface area contributed by atoms with Crippen molar-refractivity contribution in [3.63, 3.8) is 0 Å². The van der Waals surface area contributed by atoms with Gasteiger partial charge >= 0.3 is 0 Å². The molecule has 0 atom stereocenters. The van der Waals surface area contributed by atoms with Crippen molar-refractivity contribution in [3.05, 3.63) is 95.3 Å². The van der Waals surface area contributed by atoms with Crippen LogP contribution in [-0.2, 0) is 19.6 Å². The van der Waals surface area contributed by atoms with E-state index in [1.54, 1.807) is 0 Å². The Morgan fingerprint density at radius 2 is 1.54 bits per heavy atom. The predicted molar refractivity (Wildman–Crippen MR) is 101 cm³/mol. The Kier molecular flexibility index (Phi) is 5.50. The average Bonchev–Trinajstić information content (AvgIpc) is 3.04. The van der Waals surface area contributed by atoms with E-state index in [4.69, 9.17) is 0 Å². The summed E-state index contributed by atoms with van der Waals surface area (Å²) in [6.45, 7) is 8.32. The van der Waals surface area contributed by atoms with Gasteiger partial charge in [0.2, 0.25) is 0 Å². The molecule has 2 nitrogen and oxygen atoms in total. The maximum Gasteiger partial charge on any atom is 0.0473 e. The highest BCUT2D eigenvalue weighted by atomic mass is 15.1. The van der Waals surface area contributed by atoms with Crippen LogP contribution in [0.25, 0.3) is 0 Å². The number of aryl methyl sites for hydroxylation is 1. The Morgan fingerprint density at radius 1 is 0.792 bits per heavy atom. The molecule has 0 unspecified atom stereocenters. The fraction of sp³-hybridized carbons (Fsp3) is 0.273. The Labute approximate surface area is 145 Å². The van der Waals surface area contributed by atoms with Gasteiger partial charge in [0.25, 0.3) is 0 Å². The van der Waals surface area contributed by atoms with Gasteiger partial charge in [0.05, 0.1) is 0 Å². The van der Waals surface area contributed by atoms with Crippen LogP contribution in [0.5, 0.6) is 0 Å². The van der Waals surface area contributed by atoms with Gasteiger partial charge in [0.15, 0.2) is 0 Å². The highest BCUT2D eigenvalue weighted by Crippen LogP contribution is 2.13. The van der Waals surface area contributed by atoms with Crippen LogP contribution in [0.2, 0.25) is 0 Å². The van der Waals surface area contributed by atoms with Crippen molar-refractivity contribution in [2.45, 2.75) is 33.5 Å². The monoisotopic (exact) mass is 318 g/mol. The molecule has 0 aliphatic carbocycles. The Hall–Kier alpha value is -2.32. The van der Waals surface area contributed by atoms with Crippen LogP contribution >= 0.6 is 0 Å². The third-order valence-electron chi connectivity index (χ3n) is 4.48. The number of nitrogens with zero attached hydrogens (tertiary/aromatic N) is 2. The molecule has 124 valence electrons. The third-order valence-corrected chi connectivity index (χ3v) is 4.48. The summed E-state index contributed by atoms with van der Waals surface area (Å²) in [6, 6.07) is 23.9. The third kappa shape index (κ3) is 4.36. The zero-order valence-corrected chi connectivity index (χ0v) is 14.7. The molecule has 3 aromatic rings. The summed E-state index contributed by atoms with van der Waals surface area (Å²) < 4.78 is 2.36. The van der Waals surface area contributed by atoms with E-state index in [-0.39, 0.29) is 0 Å². The van der Waals surface area contributed by atoms with Crippen molar-refractivity contribution in [1.82, 2.24) is 9.47 Å². The lowest BCUT2D eigenvalue weighted by Crippen LogP contribution is -2.24. The van der Waals surface area contributed by atoms with Crippen LogP contribution in [0.15, 0.2) is 72.9 Å². The molecule has 0 saturated heterocycles. The normalized spacial score (nSPS) is 11.1. The second-order valence-corrected chi connectivity index (χ2v) is 6.40. The maximum atomic E-state index is 2.48. The molecular weight excluding hydrogens is 292 g/mol. The molecule has 1 aromatic heterocycles. The molecule has 0 saturated carbocycles. The van der Waals surface area contributed by atoms with Gasteiger partial charge in [-0.3, -0.25) is 4.90 Å². The van der Waals surface area contributed by atoms with E-state index in [2.05, 4.69) is 96.2 Å². The summed E-state index contributed by atoms with van der Waals surface area (Å²) in [5, 5.41) is 0. The van der Waals surface area contributed by atoms with E-state index in [0.717, 1.165) is 26.2 Å². The van der Waals surface area contributed by atoms with Crippen molar-refractivity contribution < 1.29 is 0 Å². The van der Waals surface area contributed by atoms with Crippen molar-refractivity contribution >= 4 is 0 Å². The Morgan fingerprint density at radius 3 is 2.25 bits per heavy atom. The molecule has 0 bridgehead atoms. The number of rotatable bonds is 7. The molecule has 3 rings (SSSR count). The van der Waals surface area contributed by atoms with Gasteiger partial charge in [-0.15, -0.1) is 0 Å². The fourth-order valence-electron chi connectivity index (χ4n) is 2.99. The molecule has 2 heteroatoms. The molecule has 0 N–H and O–H groups in total. The molecule has 0 aliphatic rings. The summed E-state index contributed by atoms with van der Waals surface area (Å²) in [5.74, 6) is 0. The van der Waals surface area contributed by atoms with Gasteiger partial charge in [-0.2, -0.15) is 0 Å². The largest absolute Gasteiger partial charge is 0.346 e. The predicted octanol–water partition coefficient (Wildman–Crippen LogP) is 4.87. The van der Waals surface area contributed by atoms with Crippen LogP contribution in [0.4, 0.5) is 0 Å². The standard InChI is InChI=1S/C22H26N2/c1-3-23(16-20-8-5-4-6-9-20)18-22-10-7-15-24(22)17-21-13-11-19(2)12-14-21/h4-15H,3,16-18H2,1-2H3. The molecule has 0 aliphatic heterocycles. The lowest BCUT2D eigenvalue weighted by Gasteiger charge is -2.21. The van der Waals surface area contributed by atoms with Crippen LogP contribution in [0.1, 0.15) is 29.3 Å². The van der Waals surface area contributed by atoms with Gasteiger partial charge < -0.3 is 4.57 Å². The molecule has 0 amide bonds. The first-order chi connectivity index (χ1) is 11.7. The number of aromatic nitrogens is 1. The van der Waals surface area contributed by atoms with Gasteiger partial charge in [0.1, 0.15) is 0 Å². The molecule has 0 radical (unpaired) electrons. The molecule has 0 spiro atoms. The summed E-state index contributed by atoms with van der Waals surface area (Å²) in [6.07, 6.45) is 2.19. The second-order valence-electron chi connectivity index (χ2n) is 6.40. The SMILES string of the molecule is CCN(Cc1ccccc1)Cc1cccn1Cc1ccc(C)cc1. The lowest BCUT2D eigenvalue weighted by atomic mass is 10.1. The van der Waals surface area contributed by atoms with Gasteiger partial charge in [-0.25, -0.2) is 0 Å². The van der Waals surface area contributed by atoms with E-state index >= 15 is 0 Å². The number of hydrogen-bond donors (Lipinski definition) is 0. The zero-order chi connectivity index (χ0) is 16.8. The van der Waals surface area contributed by atoms with Gasteiger partial charge in [-0.05, 0) is 36.7 Å². The van der Waals surface area contributed by atoms with E-state index < -0.39 is 0 Å². The van der Waals surface area contributed by atoms with Crippen molar-refractivity contribution in [3.8, 4) is 0 Å². The summed E-state index contributed by atoms with van der Waals surface area (Å²) in [4.78, 5) is 2.48. The quantitative estimate of drug-likeness (QED) is 0.603. The minimum atomic E-state index is 0.936. The summed E-state index contributed by atoms with van der Waals surface area (Å²) in [7, 11) is 0. The molecular formula is C22H26N2. The minimum Gasteiger partial charge on any atom is -0.346 e. The van der Waals surface area contributed by atoms with Crippen LogP contribution in [-0.4, -0.2) is 16.0 Å². The highest BCUT2D eigenvalue weighted by Gasteiger charge is 2.08. The molecule has 2 aromatic carbocycles. The summed E-state index contributed by atoms with van der Waals surface area (Å²) >= 11 is 0. The Balaban J connectivity index is 1.68. The van der Waals surface area contributed by atoms with E-state index in [1.807, 2.05) is 0 Å². The Bertz CT molecular complexity index is 741. The van der Waals surface area contributed by atoms with E-state index in [0.29, 0.717) is 0 Å². The number of hydrogen-bond acceptors (Lipinski definition) is 1. The van der Waals surface area contributed by atoms with E-state index in [1.165, 1.54) is 22.4 Å². The zero-order valence-electron chi connectivity index (χ0n) is 14.7. The second kappa shape index (κ2) is 7.98. The first kappa shape index (κ1) is 16.5. The summed E-state index contributed by atoms with van der Waals surface area (Å²) in [5.41, 5.74) is 5.40. The van der Waals surface area contributed by atoms with Crippen molar-refractivity contribution in [1.29, 1.82) is 0 Å². The van der Waals surface area contributed by atoms with Gasteiger partial charge in [0, 0.05) is 31.5 Å². The first-order valence-electron chi connectivity index (χ1n) is 8.70. The smallest absolute Gasteiger partial charge is 0.0473 e. The van der Waals surface area contributed by atoms with Crippen molar-refractivity contribution in [2.24, 2.45) is 0 Å². The lowest BCUT2D eigenvalue weighted by molar-refractivity contribution is 0.264. The average molecular weight is 318 g/mol. The molecule has 24 heavy (non-hydrogen) atoms. The van der Waals surface area contributed by atoms with Crippen LogP contribution < -0.4 is 0 Å². The molecule has 1 heterocycles. The van der Waals surface area contributed by atoms with Gasteiger partial charge in [-0.1, -0.05) is 67.1 Å². The van der Waals surface area contributed by atoms with E-state index in [9.17, 15) is 0 Å². The maximum absolute atomic E-state index is 2.48. The topological polar surface area (TPSA) is 8.17 Å². The minimum absolute atomic E-state index is 0.936. The highest BCUT2D eigenvalue weighted by molar-refractivity contribution is 5.22. The first-order valence-corrected chi connectivity index (χ1v) is 8.70. The fourth-order valence-corrected chi connectivity index (χ4v) is 2.99. The van der Waals surface area contributed by atoms with Crippen LogP contribution in [0.3, 0.4) is 0 Å².